The van der Waals surface area contributed by atoms with Gasteiger partial charge in [0.2, 0.25) is 5.91 Å². The summed E-state index contributed by atoms with van der Waals surface area (Å²) >= 11 is 0. The van der Waals surface area contributed by atoms with Gasteiger partial charge < -0.3 is 20.1 Å². The molecule has 47 heavy (non-hydrogen) atoms. The minimum Gasteiger partial charge on any atom is -0.457 e. The summed E-state index contributed by atoms with van der Waals surface area (Å²) in [6.45, 7) is 10.4. The zero-order valence-electron chi connectivity index (χ0n) is 27.8. The van der Waals surface area contributed by atoms with E-state index in [0.717, 1.165) is 62.1 Å². The molecule has 3 heterocycles. The standard InChI is InChI=1S/C37H46FN5O4/c1-23(2)31-11-12-32(41-40-31)25-7-9-28(10-8-25)47-33-20-29(30(38)19-26(33)22-43-21-24(3)18-35(43)44)36(45)39-27-13-16-42(17-14-27)34-6-5-15-37(34,4)46/h7-12,19-20,23-24,27,34,46H,5-6,13-18,21-22H2,1-4H3,(H,39,45)/t24-,34+,37+/m0/s1. The molecule has 10 heteroatoms. The van der Waals surface area contributed by atoms with Crippen LogP contribution < -0.4 is 10.1 Å². The van der Waals surface area contributed by atoms with Crippen LogP contribution in [0.4, 0.5) is 4.39 Å². The minimum absolute atomic E-state index is 0.0186. The number of hydrogen-bond donors (Lipinski definition) is 2. The summed E-state index contributed by atoms with van der Waals surface area (Å²) in [5, 5.41) is 22.5. The van der Waals surface area contributed by atoms with Gasteiger partial charge in [0.05, 0.1) is 22.6 Å². The van der Waals surface area contributed by atoms with Crippen LogP contribution in [0.25, 0.3) is 11.3 Å². The van der Waals surface area contributed by atoms with Crippen molar-refractivity contribution in [1.29, 1.82) is 0 Å². The molecular formula is C37H46FN5O4. The Hall–Kier alpha value is -3.89. The minimum atomic E-state index is -0.678. The van der Waals surface area contributed by atoms with E-state index >= 15 is 4.39 Å². The van der Waals surface area contributed by atoms with E-state index in [0.29, 0.717) is 30.0 Å². The second-order valence-corrected chi connectivity index (χ2v) is 14.2. The van der Waals surface area contributed by atoms with Gasteiger partial charge in [-0.15, -0.1) is 0 Å². The summed E-state index contributed by atoms with van der Waals surface area (Å²) in [6.07, 6.45) is 4.72. The van der Waals surface area contributed by atoms with E-state index in [9.17, 15) is 14.7 Å². The van der Waals surface area contributed by atoms with E-state index in [2.05, 4.69) is 34.3 Å². The first kappa shape index (κ1) is 33.0. The second kappa shape index (κ2) is 13.7. The fourth-order valence-electron chi connectivity index (χ4n) is 7.27. The van der Waals surface area contributed by atoms with Crippen LogP contribution in [0.1, 0.15) is 93.8 Å². The van der Waals surface area contributed by atoms with Gasteiger partial charge in [0.15, 0.2) is 0 Å². The third-order valence-corrected chi connectivity index (χ3v) is 10.0. The molecule has 1 aromatic heterocycles. The zero-order valence-corrected chi connectivity index (χ0v) is 27.8. The summed E-state index contributed by atoms with van der Waals surface area (Å²) in [5.74, 6) is 0.226. The first-order valence-corrected chi connectivity index (χ1v) is 17.0. The number of nitrogens with one attached hydrogen (secondary N) is 1. The number of aliphatic hydroxyl groups is 1. The average molecular weight is 644 g/mol. The number of halogens is 1. The first-order valence-electron chi connectivity index (χ1n) is 17.0. The second-order valence-electron chi connectivity index (χ2n) is 14.2. The van der Waals surface area contributed by atoms with Gasteiger partial charge in [0, 0.05) is 55.8 Å². The van der Waals surface area contributed by atoms with Crippen molar-refractivity contribution in [3.8, 4) is 22.8 Å². The zero-order chi connectivity index (χ0) is 33.3. The number of likely N-dealkylation sites (tertiary alicyclic amines) is 2. The van der Waals surface area contributed by atoms with Crippen LogP contribution in [0.3, 0.4) is 0 Å². The van der Waals surface area contributed by atoms with E-state index in [1.54, 1.807) is 17.0 Å². The molecule has 0 spiro atoms. The highest BCUT2D eigenvalue weighted by Crippen LogP contribution is 2.35. The molecule has 2 saturated heterocycles. The van der Waals surface area contributed by atoms with Gasteiger partial charge in [-0.1, -0.05) is 20.8 Å². The maximum atomic E-state index is 15.6. The van der Waals surface area contributed by atoms with Crippen LogP contribution >= 0.6 is 0 Å². The van der Waals surface area contributed by atoms with E-state index < -0.39 is 17.3 Å². The molecule has 0 radical (unpaired) electrons. The maximum absolute atomic E-state index is 15.6. The third-order valence-electron chi connectivity index (χ3n) is 10.0. The molecule has 0 unspecified atom stereocenters. The average Bonchev–Trinajstić information content (AvgIpc) is 3.57. The predicted molar refractivity (Wildman–Crippen MR) is 178 cm³/mol. The van der Waals surface area contributed by atoms with E-state index in [1.807, 2.05) is 38.1 Å². The van der Waals surface area contributed by atoms with Crippen molar-refractivity contribution in [1.82, 2.24) is 25.3 Å². The molecule has 250 valence electrons. The molecule has 2 amide bonds. The van der Waals surface area contributed by atoms with Gasteiger partial charge >= 0.3 is 0 Å². The number of rotatable bonds is 9. The largest absolute Gasteiger partial charge is 0.457 e. The van der Waals surface area contributed by atoms with E-state index in [1.165, 1.54) is 12.1 Å². The Kier molecular flexibility index (Phi) is 9.62. The lowest BCUT2D eigenvalue weighted by Crippen LogP contribution is -2.53. The molecule has 9 nitrogen and oxygen atoms in total. The Morgan fingerprint density at radius 3 is 2.45 bits per heavy atom. The molecular weight excluding hydrogens is 597 g/mol. The molecule has 2 N–H and O–H groups in total. The number of amides is 2. The van der Waals surface area contributed by atoms with Crippen LogP contribution in [0.2, 0.25) is 0 Å². The molecule has 3 atom stereocenters. The molecule has 2 aromatic carbocycles. The molecule has 0 bridgehead atoms. The summed E-state index contributed by atoms with van der Waals surface area (Å²) in [4.78, 5) is 30.1. The van der Waals surface area contributed by atoms with Gasteiger partial charge in [-0.05, 0) is 99.4 Å². The van der Waals surface area contributed by atoms with E-state index in [4.69, 9.17) is 4.74 Å². The lowest BCUT2D eigenvalue weighted by atomic mass is 9.95. The van der Waals surface area contributed by atoms with Crippen molar-refractivity contribution in [2.24, 2.45) is 5.92 Å². The highest BCUT2D eigenvalue weighted by atomic mass is 19.1. The van der Waals surface area contributed by atoms with Gasteiger partial charge in [-0.3, -0.25) is 14.5 Å². The summed E-state index contributed by atoms with van der Waals surface area (Å²) in [5.41, 5.74) is 2.26. The normalized spacial score (nSPS) is 23.9. The number of ether oxygens (including phenoxy) is 1. The summed E-state index contributed by atoms with van der Waals surface area (Å²) in [6, 6.07) is 14.1. The fourth-order valence-corrected chi connectivity index (χ4v) is 7.27. The fraction of sp³-hybridized carbons (Fsp3) is 0.514. The monoisotopic (exact) mass is 643 g/mol. The van der Waals surface area contributed by atoms with Gasteiger partial charge in [-0.2, -0.15) is 10.2 Å². The van der Waals surface area contributed by atoms with Crippen LogP contribution in [0.5, 0.6) is 11.5 Å². The summed E-state index contributed by atoms with van der Waals surface area (Å²) < 4.78 is 21.9. The molecule has 1 saturated carbocycles. The molecule has 6 rings (SSSR count). The van der Waals surface area contributed by atoms with Gasteiger partial charge in [0.25, 0.3) is 5.91 Å². The number of carbonyl (C=O) groups excluding carboxylic acids is 2. The van der Waals surface area contributed by atoms with Crippen molar-refractivity contribution >= 4 is 11.8 Å². The van der Waals surface area contributed by atoms with Crippen molar-refractivity contribution in [2.45, 2.75) is 96.4 Å². The molecule has 3 fully saturated rings. The highest BCUT2D eigenvalue weighted by Gasteiger charge is 2.41. The number of benzene rings is 2. The lowest BCUT2D eigenvalue weighted by molar-refractivity contribution is -0.128. The smallest absolute Gasteiger partial charge is 0.254 e. The number of hydrogen-bond acceptors (Lipinski definition) is 7. The predicted octanol–water partition coefficient (Wildman–Crippen LogP) is 6.06. The quantitative estimate of drug-likeness (QED) is 0.292. The number of carbonyl (C=O) groups is 2. The van der Waals surface area contributed by atoms with E-state index in [-0.39, 0.29) is 41.9 Å². The molecule has 2 aliphatic heterocycles. The lowest BCUT2D eigenvalue weighted by Gasteiger charge is -2.41. The Morgan fingerprint density at radius 1 is 1.11 bits per heavy atom. The third kappa shape index (κ3) is 7.49. The Morgan fingerprint density at radius 2 is 1.85 bits per heavy atom. The van der Waals surface area contributed by atoms with Crippen molar-refractivity contribution in [3.05, 3.63) is 71.2 Å². The van der Waals surface area contributed by atoms with Gasteiger partial charge in [0.1, 0.15) is 17.3 Å². The first-order chi connectivity index (χ1) is 22.5. The molecule has 1 aliphatic carbocycles. The van der Waals surface area contributed by atoms with Crippen molar-refractivity contribution < 1.29 is 23.8 Å². The Labute approximate surface area is 276 Å². The van der Waals surface area contributed by atoms with Crippen LogP contribution in [-0.4, -0.2) is 74.2 Å². The topological polar surface area (TPSA) is 108 Å². The van der Waals surface area contributed by atoms with Gasteiger partial charge in [-0.25, -0.2) is 4.39 Å². The Balaban J connectivity index is 1.19. The molecule has 3 aromatic rings. The Bertz CT molecular complexity index is 1590. The maximum Gasteiger partial charge on any atom is 0.254 e. The van der Waals surface area contributed by atoms with Crippen LogP contribution in [0, 0.1) is 11.7 Å². The molecule has 3 aliphatic rings. The number of piperidine rings is 1. The van der Waals surface area contributed by atoms with Crippen LogP contribution in [0.15, 0.2) is 48.5 Å². The number of aromatic nitrogens is 2. The number of nitrogens with zero attached hydrogens (tertiary/aromatic N) is 4. The van der Waals surface area contributed by atoms with Crippen molar-refractivity contribution in [3.63, 3.8) is 0 Å². The highest BCUT2D eigenvalue weighted by molar-refractivity contribution is 5.95. The SMILES string of the molecule is CC(C)c1ccc(-c2ccc(Oc3cc(C(=O)NC4CCN([C@@H]5CCC[C@@]5(C)O)CC4)c(F)cc3CN3C[C@@H](C)CC3=O)cc2)nn1. The van der Waals surface area contributed by atoms with Crippen molar-refractivity contribution in [2.75, 3.05) is 19.6 Å². The van der Waals surface area contributed by atoms with Crippen LogP contribution in [-0.2, 0) is 11.3 Å². The summed E-state index contributed by atoms with van der Waals surface area (Å²) in [7, 11) is 0.